The highest BCUT2D eigenvalue weighted by Crippen LogP contribution is 2.20. The summed E-state index contributed by atoms with van der Waals surface area (Å²) in [4.78, 5) is 27.3. The van der Waals surface area contributed by atoms with Crippen LogP contribution in [-0.4, -0.2) is 10.9 Å². The number of benzene rings is 1. The molecule has 3 rings (SSSR count). The number of aromatic nitrogens is 1. The molecule has 2 N–H and O–H groups in total. The molecule has 0 bridgehead atoms. The van der Waals surface area contributed by atoms with Crippen LogP contribution in [0.5, 0.6) is 0 Å². The molecule has 0 unspecified atom stereocenters. The van der Waals surface area contributed by atoms with Gasteiger partial charge in [0.15, 0.2) is 0 Å². The number of amides is 1. The van der Waals surface area contributed by atoms with Crippen molar-refractivity contribution in [2.45, 2.75) is 32.6 Å². The average Bonchev–Trinajstić information content (AvgIpc) is 2.94. The van der Waals surface area contributed by atoms with Gasteiger partial charge in [0.2, 0.25) is 0 Å². The zero-order valence-corrected chi connectivity index (χ0v) is 12.0. The summed E-state index contributed by atoms with van der Waals surface area (Å²) in [6.07, 6.45) is 3.69. The number of nitrogens with one attached hydrogen (secondary N) is 2. The molecule has 21 heavy (non-hydrogen) atoms. The Morgan fingerprint density at radius 3 is 2.90 bits per heavy atom. The number of carbonyl (C=O) groups is 1. The van der Waals surface area contributed by atoms with E-state index in [2.05, 4.69) is 10.3 Å². The standard InChI is InChI=1S/C17H18N2O2/c1-2-11-6-3-4-8-14(11)18-16(20)13-10-12-7-5-9-15(12)19-17(13)21/h3-4,6,8,10H,2,5,7,9H2,1H3,(H,18,20)(H,19,21). The number of anilines is 1. The first kappa shape index (κ1) is 13.6. The Hall–Kier alpha value is -2.36. The Morgan fingerprint density at radius 2 is 2.10 bits per heavy atom. The summed E-state index contributed by atoms with van der Waals surface area (Å²) in [5, 5.41) is 2.85. The molecule has 0 fully saturated rings. The van der Waals surface area contributed by atoms with E-state index < -0.39 is 0 Å². The number of H-pyrrole nitrogens is 1. The minimum Gasteiger partial charge on any atom is -0.325 e. The number of aryl methyl sites for hydroxylation is 3. The van der Waals surface area contributed by atoms with Gasteiger partial charge in [-0.25, -0.2) is 0 Å². The molecular weight excluding hydrogens is 264 g/mol. The summed E-state index contributed by atoms with van der Waals surface area (Å²) in [6.45, 7) is 2.03. The lowest BCUT2D eigenvalue weighted by Crippen LogP contribution is -2.24. The molecule has 0 atom stereocenters. The number of para-hydroxylation sites is 1. The number of aromatic amines is 1. The Labute approximate surface area is 123 Å². The third kappa shape index (κ3) is 2.61. The van der Waals surface area contributed by atoms with Gasteiger partial charge in [0.25, 0.3) is 11.5 Å². The number of fused-ring (bicyclic) bond motifs is 1. The molecule has 0 radical (unpaired) electrons. The van der Waals surface area contributed by atoms with Crippen LogP contribution < -0.4 is 10.9 Å². The summed E-state index contributed by atoms with van der Waals surface area (Å²) >= 11 is 0. The summed E-state index contributed by atoms with van der Waals surface area (Å²) < 4.78 is 0. The Balaban J connectivity index is 1.91. The highest BCUT2D eigenvalue weighted by molar-refractivity contribution is 6.04. The van der Waals surface area contributed by atoms with Gasteiger partial charge in [0.1, 0.15) is 5.56 Å². The second kappa shape index (κ2) is 5.56. The second-order valence-corrected chi connectivity index (χ2v) is 5.33. The molecule has 1 aromatic heterocycles. The van der Waals surface area contributed by atoms with Crippen molar-refractivity contribution in [2.75, 3.05) is 5.32 Å². The average molecular weight is 282 g/mol. The van der Waals surface area contributed by atoms with Crippen molar-refractivity contribution >= 4 is 11.6 Å². The van der Waals surface area contributed by atoms with E-state index in [0.29, 0.717) is 0 Å². The van der Waals surface area contributed by atoms with E-state index in [0.717, 1.165) is 48.2 Å². The highest BCUT2D eigenvalue weighted by atomic mass is 16.2. The van der Waals surface area contributed by atoms with Crippen LogP contribution >= 0.6 is 0 Å². The van der Waals surface area contributed by atoms with Crippen LogP contribution in [0.15, 0.2) is 35.1 Å². The first-order valence-corrected chi connectivity index (χ1v) is 7.33. The van der Waals surface area contributed by atoms with Gasteiger partial charge in [0.05, 0.1) is 0 Å². The summed E-state index contributed by atoms with van der Waals surface area (Å²) in [5.74, 6) is -0.341. The normalized spacial score (nSPS) is 13.0. The molecule has 108 valence electrons. The maximum atomic E-state index is 12.4. The third-order valence-corrected chi connectivity index (χ3v) is 3.98. The Bertz CT molecular complexity index is 747. The minimum absolute atomic E-state index is 0.196. The smallest absolute Gasteiger partial charge is 0.261 e. The first-order valence-electron chi connectivity index (χ1n) is 7.33. The third-order valence-electron chi connectivity index (χ3n) is 3.98. The van der Waals surface area contributed by atoms with Gasteiger partial charge in [-0.15, -0.1) is 0 Å². The van der Waals surface area contributed by atoms with Gasteiger partial charge in [-0.1, -0.05) is 25.1 Å². The summed E-state index contributed by atoms with van der Waals surface area (Å²) in [7, 11) is 0. The lowest BCUT2D eigenvalue weighted by atomic mass is 10.1. The van der Waals surface area contributed by atoms with Gasteiger partial charge in [-0.05, 0) is 48.9 Å². The quantitative estimate of drug-likeness (QED) is 0.909. The monoisotopic (exact) mass is 282 g/mol. The van der Waals surface area contributed by atoms with Crippen LogP contribution in [0.2, 0.25) is 0 Å². The van der Waals surface area contributed by atoms with Crippen molar-refractivity contribution < 1.29 is 4.79 Å². The van der Waals surface area contributed by atoms with Crippen LogP contribution in [0.3, 0.4) is 0 Å². The van der Waals surface area contributed by atoms with Crippen molar-refractivity contribution in [3.05, 3.63) is 63.1 Å². The van der Waals surface area contributed by atoms with Crippen LogP contribution in [0, 0.1) is 0 Å². The molecule has 2 aromatic rings. The fourth-order valence-electron chi connectivity index (χ4n) is 2.82. The van der Waals surface area contributed by atoms with Crippen molar-refractivity contribution in [3.63, 3.8) is 0 Å². The highest BCUT2D eigenvalue weighted by Gasteiger charge is 2.18. The molecule has 1 aliphatic carbocycles. The van der Waals surface area contributed by atoms with E-state index in [1.807, 2.05) is 31.2 Å². The lowest BCUT2D eigenvalue weighted by Gasteiger charge is -2.10. The maximum absolute atomic E-state index is 12.4. The van der Waals surface area contributed by atoms with Gasteiger partial charge >= 0.3 is 0 Å². The van der Waals surface area contributed by atoms with Crippen molar-refractivity contribution in [1.29, 1.82) is 0 Å². The lowest BCUT2D eigenvalue weighted by molar-refractivity contribution is 0.102. The molecule has 0 saturated carbocycles. The van der Waals surface area contributed by atoms with Gasteiger partial charge in [0, 0.05) is 11.4 Å². The largest absolute Gasteiger partial charge is 0.325 e. The van der Waals surface area contributed by atoms with Gasteiger partial charge in [-0.3, -0.25) is 9.59 Å². The van der Waals surface area contributed by atoms with Crippen LogP contribution in [-0.2, 0) is 19.3 Å². The molecule has 0 saturated heterocycles. The molecule has 1 aromatic carbocycles. The topological polar surface area (TPSA) is 62.0 Å². The zero-order valence-electron chi connectivity index (χ0n) is 12.0. The molecule has 0 aliphatic heterocycles. The molecule has 4 nitrogen and oxygen atoms in total. The Kier molecular flexibility index (Phi) is 3.60. The van der Waals surface area contributed by atoms with Crippen LogP contribution in [0.1, 0.15) is 40.5 Å². The van der Waals surface area contributed by atoms with Crippen LogP contribution in [0.4, 0.5) is 5.69 Å². The predicted octanol–water partition coefficient (Wildman–Crippen LogP) is 2.68. The van der Waals surface area contributed by atoms with E-state index >= 15 is 0 Å². The zero-order chi connectivity index (χ0) is 14.8. The van der Waals surface area contributed by atoms with Crippen LogP contribution in [0.25, 0.3) is 0 Å². The van der Waals surface area contributed by atoms with E-state index in [1.165, 1.54) is 0 Å². The number of rotatable bonds is 3. The second-order valence-electron chi connectivity index (χ2n) is 5.33. The molecular formula is C17H18N2O2. The first-order chi connectivity index (χ1) is 10.2. The van der Waals surface area contributed by atoms with E-state index in [1.54, 1.807) is 6.07 Å². The predicted molar refractivity (Wildman–Crippen MR) is 82.9 cm³/mol. The fraction of sp³-hybridized carbons (Fsp3) is 0.294. The number of pyridine rings is 1. The van der Waals surface area contributed by atoms with Crippen molar-refractivity contribution in [2.24, 2.45) is 0 Å². The number of hydrogen-bond acceptors (Lipinski definition) is 2. The summed E-state index contributed by atoms with van der Waals surface area (Å²) in [5.41, 5.74) is 3.78. The van der Waals surface area contributed by atoms with Gasteiger partial charge in [-0.2, -0.15) is 0 Å². The molecule has 0 spiro atoms. The van der Waals surface area contributed by atoms with Gasteiger partial charge < -0.3 is 10.3 Å². The summed E-state index contributed by atoms with van der Waals surface area (Å²) in [6, 6.07) is 9.39. The molecule has 1 heterocycles. The number of carbonyl (C=O) groups excluding carboxylic acids is 1. The maximum Gasteiger partial charge on any atom is 0.261 e. The molecule has 1 aliphatic rings. The number of hydrogen-bond donors (Lipinski definition) is 2. The van der Waals surface area contributed by atoms with E-state index in [4.69, 9.17) is 0 Å². The van der Waals surface area contributed by atoms with E-state index in [9.17, 15) is 9.59 Å². The molecule has 1 amide bonds. The minimum atomic E-state index is -0.341. The fourth-order valence-corrected chi connectivity index (χ4v) is 2.82. The van der Waals surface area contributed by atoms with Crippen molar-refractivity contribution in [3.8, 4) is 0 Å². The SMILES string of the molecule is CCc1ccccc1NC(=O)c1cc2c([nH]c1=O)CCC2. The Morgan fingerprint density at radius 1 is 1.29 bits per heavy atom. The van der Waals surface area contributed by atoms with E-state index in [-0.39, 0.29) is 17.0 Å². The molecule has 4 heteroatoms. The van der Waals surface area contributed by atoms with Crippen molar-refractivity contribution in [1.82, 2.24) is 4.98 Å².